The molecule has 0 radical (unpaired) electrons. The summed E-state index contributed by atoms with van der Waals surface area (Å²) in [7, 11) is -5.85. The van der Waals surface area contributed by atoms with E-state index < -0.39 is 26.8 Å². The van der Waals surface area contributed by atoms with Gasteiger partial charge in [-0.3, -0.25) is 0 Å². The highest BCUT2D eigenvalue weighted by Crippen LogP contribution is 2.56. The van der Waals surface area contributed by atoms with Crippen molar-refractivity contribution in [1.82, 2.24) is 0 Å². The van der Waals surface area contributed by atoms with Gasteiger partial charge in [-0.2, -0.15) is 21.6 Å². The smallest absolute Gasteiger partial charge is 0.456 e. The predicted molar refractivity (Wildman–Crippen MR) is 107 cm³/mol. The number of hydrogen-bond donors (Lipinski definition) is 0. The van der Waals surface area contributed by atoms with Gasteiger partial charge in [0.1, 0.15) is 11.2 Å². The molecule has 30 heavy (non-hydrogen) atoms. The summed E-state index contributed by atoms with van der Waals surface area (Å²) in [6, 6.07) is 15.7. The van der Waals surface area contributed by atoms with Gasteiger partial charge < -0.3 is 8.60 Å². The molecule has 1 aliphatic carbocycles. The summed E-state index contributed by atoms with van der Waals surface area (Å²) >= 11 is 0. The van der Waals surface area contributed by atoms with Crippen LogP contribution in [0, 0.1) is 0 Å². The van der Waals surface area contributed by atoms with Crippen molar-refractivity contribution in [2.24, 2.45) is 0 Å². The molecule has 5 rings (SSSR count). The highest BCUT2D eigenvalue weighted by Gasteiger charge is 2.50. The van der Waals surface area contributed by atoms with E-state index in [-0.39, 0.29) is 5.58 Å². The van der Waals surface area contributed by atoms with Crippen LogP contribution in [0.3, 0.4) is 0 Å². The summed E-state index contributed by atoms with van der Waals surface area (Å²) in [6.45, 7) is 3.89. The van der Waals surface area contributed by atoms with Gasteiger partial charge in [0.25, 0.3) is 0 Å². The molecule has 0 bridgehead atoms. The van der Waals surface area contributed by atoms with Gasteiger partial charge >= 0.3 is 15.6 Å². The quantitative estimate of drug-likeness (QED) is 0.283. The Balaban J connectivity index is 1.94. The minimum absolute atomic E-state index is 0.267. The SMILES string of the molecule is CC1(C)c2ccccc2-c2c(OS(=O)(=O)C(F)(F)F)cc3oc4ccccc4c3c21. The average Bonchev–Trinajstić information content (AvgIpc) is 3.14. The van der Waals surface area contributed by atoms with Crippen LogP contribution in [0.2, 0.25) is 0 Å². The lowest BCUT2D eigenvalue weighted by molar-refractivity contribution is -0.0499. The molecule has 1 aliphatic rings. The number of alkyl halides is 3. The standard InChI is InChI=1S/C22H15F3O4S/c1-21(2)14-9-5-3-7-12(14)18-17(29-30(26,27)22(23,24)25)11-16-19(20(18)21)13-8-4-6-10-15(13)28-16/h3-11H,1-2H3. The first-order chi connectivity index (χ1) is 14.0. The molecule has 0 fully saturated rings. The second-order valence-corrected chi connectivity index (χ2v) is 9.29. The third-order valence-corrected chi connectivity index (χ3v) is 6.57. The summed E-state index contributed by atoms with van der Waals surface area (Å²) in [5.74, 6) is -0.396. The Labute approximate surface area is 170 Å². The summed E-state index contributed by atoms with van der Waals surface area (Å²) in [4.78, 5) is 0. The van der Waals surface area contributed by atoms with Gasteiger partial charge in [0.05, 0.1) is 0 Å². The van der Waals surface area contributed by atoms with Crippen LogP contribution in [0.5, 0.6) is 5.75 Å². The molecule has 154 valence electrons. The van der Waals surface area contributed by atoms with E-state index in [2.05, 4.69) is 4.18 Å². The minimum atomic E-state index is -5.85. The van der Waals surface area contributed by atoms with E-state index in [1.807, 2.05) is 38.1 Å². The number of rotatable bonds is 2. The molecule has 0 aliphatic heterocycles. The summed E-state index contributed by atoms with van der Waals surface area (Å²) in [6.07, 6.45) is 0. The molecule has 0 unspecified atom stereocenters. The first-order valence-corrected chi connectivity index (χ1v) is 10.5. The molecule has 0 N–H and O–H groups in total. The van der Waals surface area contributed by atoms with Gasteiger partial charge in [0.15, 0.2) is 5.75 Å². The minimum Gasteiger partial charge on any atom is -0.456 e. The topological polar surface area (TPSA) is 56.5 Å². The van der Waals surface area contributed by atoms with Gasteiger partial charge in [-0.1, -0.05) is 56.3 Å². The van der Waals surface area contributed by atoms with Gasteiger partial charge in [-0.05, 0) is 22.8 Å². The van der Waals surface area contributed by atoms with E-state index in [4.69, 9.17) is 4.42 Å². The summed E-state index contributed by atoms with van der Waals surface area (Å²) in [5.41, 5.74) is -2.82. The Kier molecular flexibility index (Phi) is 3.66. The van der Waals surface area contributed by atoms with Crippen LogP contribution in [0.15, 0.2) is 59.0 Å². The van der Waals surface area contributed by atoms with Crippen LogP contribution in [0.4, 0.5) is 13.2 Å². The Morgan fingerprint density at radius 3 is 2.37 bits per heavy atom. The third kappa shape index (κ3) is 2.43. The number of fused-ring (bicyclic) bond motifs is 7. The van der Waals surface area contributed by atoms with Gasteiger partial charge in [-0.15, -0.1) is 0 Å². The lowest BCUT2D eigenvalue weighted by Crippen LogP contribution is -2.28. The van der Waals surface area contributed by atoms with Crippen LogP contribution in [0.25, 0.3) is 33.1 Å². The fourth-order valence-electron chi connectivity index (χ4n) is 4.37. The average molecular weight is 432 g/mol. The number of halogens is 3. The van der Waals surface area contributed by atoms with Crippen molar-refractivity contribution in [3.63, 3.8) is 0 Å². The maximum absolute atomic E-state index is 13.1. The summed E-state index contributed by atoms with van der Waals surface area (Å²) < 4.78 is 73.3. The van der Waals surface area contributed by atoms with Crippen LogP contribution in [-0.4, -0.2) is 13.9 Å². The van der Waals surface area contributed by atoms with E-state index in [0.29, 0.717) is 22.3 Å². The molecule has 3 aromatic carbocycles. The third-order valence-electron chi connectivity index (χ3n) is 5.61. The molecule has 1 heterocycles. The number of hydrogen-bond acceptors (Lipinski definition) is 4. The molecule has 0 spiro atoms. The molecule has 4 aromatic rings. The molecular weight excluding hydrogens is 417 g/mol. The van der Waals surface area contributed by atoms with Crippen molar-refractivity contribution in [3.8, 4) is 16.9 Å². The zero-order chi connectivity index (χ0) is 21.5. The van der Waals surface area contributed by atoms with Crippen molar-refractivity contribution in [2.45, 2.75) is 24.8 Å². The van der Waals surface area contributed by atoms with Crippen LogP contribution in [-0.2, 0) is 15.5 Å². The second-order valence-electron chi connectivity index (χ2n) is 7.75. The summed E-state index contributed by atoms with van der Waals surface area (Å²) in [5, 5.41) is 1.54. The molecular formula is C22H15F3O4S. The Morgan fingerprint density at radius 2 is 1.63 bits per heavy atom. The van der Waals surface area contributed by atoms with E-state index in [0.717, 1.165) is 16.3 Å². The molecule has 8 heteroatoms. The second kappa shape index (κ2) is 5.78. The van der Waals surface area contributed by atoms with Gasteiger partial charge in [0, 0.05) is 27.8 Å². The number of para-hydroxylation sites is 1. The lowest BCUT2D eigenvalue weighted by atomic mass is 9.80. The normalized spacial score (nSPS) is 15.4. The first kappa shape index (κ1) is 19.0. The van der Waals surface area contributed by atoms with Crippen molar-refractivity contribution in [2.75, 3.05) is 0 Å². The molecule has 1 aromatic heterocycles. The van der Waals surface area contributed by atoms with Crippen LogP contribution < -0.4 is 4.18 Å². The van der Waals surface area contributed by atoms with Gasteiger partial charge in [-0.25, -0.2) is 0 Å². The van der Waals surface area contributed by atoms with Crippen molar-refractivity contribution >= 4 is 32.1 Å². The zero-order valence-corrected chi connectivity index (χ0v) is 16.7. The van der Waals surface area contributed by atoms with E-state index in [1.54, 1.807) is 24.3 Å². The van der Waals surface area contributed by atoms with E-state index in [9.17, 15) is 21.6 Å². The first-order valence-electron chi connectivity index (χ1n) is 9.12. The Morgan fingerprint density at radius 1 is 0.967 bits per heavy atom. The molecule has 0 saturated carbocycles. The predicted octanol–water partition coefficient (Wildman–Crippen LogP) is 6.12. The highest BCUT2D eigenvalue weighted by atomic mass is 32.2. The molecule has 0 atom stereocenters. The van der Waals surface area contributed by atoms with Gasteiger partial charge in [0.2, 0.25) is 0 Å². The molecule has 0 amide bonds. The number of furan rings is 1. The fraction of sp³-hybridized carbons (Fsp3) is 0.182. The maximum Gasteiger partial charge on any atom is 0.534 e. The lowest BCUT2D eigenvalue weighted by Gasteiger charge is -2.22. The Hall–Kier alpha value is -3.00. The van der Waals surface area contributed by atoms with Crippen LogP contribution in [0.1, 0.15) is 25.0 Å². The molecule has 0 saturated heterocycles. The largest absolute Gasteiger partial charge is 0.534 e. The monoisotopic (exact) mass is 432 g/mol. The van der Waals surface area contributed by atoms with Crippen molar-refractivity contribution < 1.29 is 30.2 Å². The van der Waals surface area contributed by atoms with Crippen molar-refractivity contribution in [3.05, 3.63) is 65.7 Å². The Bertz CT molecular complexity index is 1450. The number of benzene rings is 3. The fourth-order valence-corrected chi connectivity index (χ4v) is 4.83. The maximum atomic E-state index is 13.1. The molecule has 4 nitrogen and oxygen atoms in total. The van der Waals surface area contributed by atoms with E-state index in [1.165, 1.54) is 6.07 Å². The van der Waals surface area contributed by atoms with Crippen molar-refractivity contribution in [1.29, 1.82) is 0 Å². The zero-order valence-electron chi connectivity index (χ0n) is 15.9. The van der Waals surface area contributed by atoms with Crippen LogP contribution >= 0.6 is 0 Å². The van der Waals surface area contributed by atoms with E-state index >= 15 is 0 Å². The highest BCUT2D eigenvalue weighted by molar-refractivity contribution is 7.88.